The van der Waals surface area contributed by atoms with E-state index in [1.807, 2.05) is 13.0 Å². The van der Waals surface area contributed by atoms with Crippen LogP contribution in [0, 0.1) is 6.92 Å². The van der Waals surface area contributed by atoms with E-state index < -0.39 is 53.2 Å². The molecule has 1 unspecified atom stereocenters. The molecule has 0 saturated heterocycles. The maximum Gasteiger partial charge on any atom is 0.490 e. The van der Waals surface area contributed by atoms with Gasteiger partial charge in [0.15, 0.2) is 6.10 Å². The van der Waals surface area contributed by atoms with Gasteiger partial charge in [0.05, 0.1) is 17.9 Å². The minimum absolute atomic E-state index is 0.0205. The molecular weight excluding hydrogens is 630 g/mol. The van der Waals surface area contributed by atoms with Crippen LogP contribution in [-0.4, -0.2) is 53.3 Å². The minimum atomic E-state index is -5.08. The fourth-order valence-electron chi connectivity index (χ4n) is 3.99. The molecule has 12 nitrogen and oxygen atoms in total. The molecule has 0 saturated carbocycles. The lowest BCUT2D eigenvalue weighted by Gasteiger charge is -2.12. The van der Waals surface area contributed by atoms with Gasteiger partial charge in [-0.25, -0.2) is 4.79 Å². The molecule has 2 aromatic carbocycles. The summed E-state index contributed by atoms with van der Waals surface area (Å²) in [6, 6.07) is 15.6. The molecule has 0 aliphatic heterocycles. The molecule has 3 aromatic heterocycles. The first-order valence-corrected chi connectivity index (χ1v) is 12.9. The van der Waals surface area contributed by atoms with E-state index in [2.05, 4.69) is 25.7 Å². The summed E-state index contributed by atoms with van der Waals surface area (Å²) in [6.07, 6.45) is -11.3. The molecular formula is C28H22F6N6O6. The quantitative estimate of drug-likeness (QED) is 0.201. The third-order valence-corrected chi connectivity index (χ3v) is 6.16. The van der Waals surface area contributed by atoms with Crippen LogP contribution in [0.25, 0.3) is 34.3 Å². The van der Waals surface area contributed by atoms with Gasteiger partial charge < -0.3 is 24.6 Å². The van der Waals surface area contributed by atoms with Crippen LogP contribution in [0.5, 0.6) is 0 Å². The number of rotatable bonds is 7. The molecule has 3 heterocycles. The number of carboxylic acid groups (broad SMARTS) is 1. The van der Waals surface area contributed by atoms with Gasteiger partial charge in [-0.2, -0.15) is 36.4 Å². The molecule has 46 heavy (non-hydrogen) atoms. The molecule has 0 fully saturated rings. The first-order valence-electron chi connectivity index (χ1n) is 12.9. The highest BCUT2D eigenvalue weighted by atomic mass is 19.4. The molecule has 0 radical (unpaired) electrons. The second-order valence-corrected chi connectivity index (χ2v) is 9.47. The molecule has 242 valence electrons. The molecule has 0 bridgehead atoms. The van der Waals surface area contributed by atoms with E-state index in [9.17, 15) is 36.2 Å². The van der Waals surface area contributed by atoms with E-state index in [0.717, 1.165) is 11.4 Å². The lowest BCUT2D eigenvalue weighted by molar-refractivity contribution is -0.192. The molecule has 18 heteroatoms. The summed E-state index contributed by atoms with van der Waals surface area (Å²) in [4.78, 5) is 25.4. The molecule has 5 aromatic rings. The Morgan fingerprint density at radius 1 is 0.957 bits per heavy atom. The first kappa shape index (κ1) is 33.4. The van der Waals surface area contributed by atoms with Crippen molar-refractivity contribution in [3.63, 3.8) is 0 Å². The van der Waals surface area contributed by atoms with Gasteiger partial charge in [0.2, 0.25) is 11.6 Å². The third kappa shape index (κ3) is 7.76. The van der Waals surface area contributed by atoms with Crippen LogP contribution in [0.1, 0.15) is 28.6 Å². The van der Waals surface area contributed by atoms with Gasteiger partial charge in [-0.1, -0.05) is 64.9 Å². The summed E-state index contributed by atoms with van der Waals surface area (Å²) < 4.78 is 85.3. The number of benzene rings is 2. The van der Waals surface area contributed by atoms with Crippen LogP contribution in [0.3, 0.4) is 0 Å². The van der Waals surface area contributed by atoms with E-state index in [1.54, 1.807) is 29.9 Å². The highest BCUT2D eigenvalue weighted by Gasteiger charge is 2.43. The Kier molecular flexibility index (Phi) is 9.60. The molecule has 1 atom stereocenters. The van der Waals surface area contributed by atoms with Crippen molar-refractivity contribution < 1.29 is 55.2 Å². The van der Waals surface area contributed by atoms with Gasteiger partial charge in [-0.05, 0) is 18.6 Å². The number of alkyl halides is 6. The fourth-order valence-corrected chi connectivity index (χ4v) is 3.99. The Bertz CT molecular complexity index is 1810. The van der Waals surface area contributed by atoms with Crippen molar-refractivity contribution in [3.05, 3.63) is 83.2 Å². The molecule has 0 spiro atoms. The summed E-state index contributed by atoms with van der Waals surface area (Å²) >= 11 is 0. The number of halogens is 6. The SMILES string of the molecule is Cc1cc(CNC(=O)C(O)c2ccc(-c3noc(-c4onc(-c5ccccc5)c4C(F)(F)F)n3)cc2)n(C)n1.O=C(O)C(F)(F)F. The van der Waals surface area contributed by atoms with E-state index in [-0.39, 0.29) is 17.9 Å². The van der Waals surface area contributed by atoms with Crippen molar-refractivity contribution in [3.8, 4) is 34.3 Å². The average molecular weight is 653 g/mol. The highest BCUT2D eigenvalue weighted by Crippen LogP contribution is 2.43. The number of hydrogen-bond donors (Lipinski definition) is 3. The predicted octanol–water partition coefficient (Wildman–Crippen LogP) is 5.10. The van der Waals surface area contributed by atoms with Crippen molar-refractivity contribution in [1.29, 1.82) is 0 Å². The zero-order valence-electron chi connectivity index (χ0n) is 23.6. The van der Waals surface area contributed by atoms with Crippen molar-refractivity contribution in [2.75, 3.05) is 0 Å². The second-order valence-electron chi connectivity index (χ2n) is 9.47. The van der Waals surface area contributed by atoms with E-state index in [0.29, 0.717) is 11.1 Å². The maximum atomic E-state index is 14.0. The first-order chi connectivity index (χ1) is 21.6. The van der Waals surface area contributed by atoms with E-state index >= 15 is 0 Å². The number of hydrogen-bond acceptors (Lipinski definition) is 9. The number of carboxylic acids is 1. The van der Waals surface area contributed by atoms with Crippen LogP contribution in [0.2, 0.25) is 0 Å². The molecule has 5 rings (SSSR count). The minimum Gasteiger partial charge on any atom is -0.475 e. The van der Waals surface area contributed by atoms with Crippen LogP contribution in [-0.2, 0) is 29.4 Å². The summed E-state index contributed by atoms with van der Waals surface area (Å²) in [7, 11) is 1.75. The van der Waals surface area contributed by atoms with Crippen molar-refractivity contribution in [2.24, 2.45) is 7.05 Å². The smallest absolute Gasteiger partial charge is 0.475 e. The Hall–Kier alpha value is -5.52. The largest absolute Gasteiger partial charge is 0.490 e. The lowest BCUT2D eigenvalue weighted by atomic mass is 10.1. The maximum absolute atomic E-state index is 14.0. The number of aromatic nitrogens is 5. The Labute approximate surface area is 254 Å². The Morgan fingerprint density at radius 3 is 2.13 bits per heavy atom. The molecule has 0 aliphatic carbocycles. The summed E-state index contributed by atoms with van der Waals surface area (Å²) in [5.74, 6) is -4.59. The predicted molar refractivity (Wildman–Crippen MR) is 144 cm³/mol. The number of amides is 1. The lowest BCUT2D eigenvalue weighted by Crippen LogP contribution is -2.29. The number of aliphatic hydroxyl groups excluding tert-OH is 1. The Balaban J connectivity index is 0.000000617. The van der Waals surface area contributed by atoms with Crippen LogP contribution < -0.4 is 5.32 Å². The number of aliphatic hydroxyl groups is 1. The number of aryl methyl sites for hydroxylation is 2. The van der Waals surface area contributed by atoms with Gasteiger partial charge in [0.1, 0.15) is 11.3 Å². The zero-order valence-corrected chi connectivity index (χ0v) is 23.6. The number of nitrogens with zero attached hydrogens (tertiary/aromatic N) is 5. The summed E-state index contributed by atoms with van der Waals surface area (Å²) in [5.41, 5.74) is 0.937. The van der Waals surface area contributed by atoms with Gasteiger partial charge in [0, 0.05) is 18.2 Å². The number of carbonyl (C=O) groups is 2. The molecule has 0 aliphatic rings. The number of carbonyl (C=O) groups excluding carboxylic acids is 1. The number of aliphatic carboxylic acids is 1. The molecule has 1 amide bonds. The van der Waals surface area contributed by atoms with Gasteiger partial charge >= 0.3 is 18.3 Å². The summed E-state index contributed by atoms with van der Waals surface area (Å²) in [6.45, 7) is 2.02. The van der Waals surface area contributed by atoms with Gasteiger partial charge in [0.25, 0.3) is 11.8 Å². The van der Waals surface area contributed by atoms with Crippen LogP contribution >= 0.6 is 0 Å². The van der Waals surface area contributed by atoms with Crippen molar-refractivity contribution >= 4 is 11.9 Å². The highest BCUT2D eigenvalue weighted by molar-refractivity contribution is 5.82. The van der Waals surface area contributed by atoms with E-state index in [4.69, 9.17) is 18.9 Å². The normalized spacial score (nSPS) is 12.3. The topological polar surface area (TPSA) is 169 Å². The van der Waals surface area contributed by atoms with Crippen LogP contribution in [0.4, 0.5) is 26.3 Å². The van der Waals surface area contributed by atoms with Crippen molar-refractivity contribution in [1.82, 2.24) is 30.4 Å². The number of nitrogens with one attached hydrogen (secondary N) is 1. The van der Waals surface area contributed by atoms with Gasteiger partial charge in [-0.15, -0.1) is 0 Å². The van der Waals surface area contributed by atoms with E-state index in [1.165, 1.54) is 36.4 Å². The zero-order chi connectivity index (χ0) is 33.8. The second kappa shape index (κ2) is 13.2. The van der Waals surface area contributed by atoms with Crippen LogP contribution in [0.15, 0.2) is 69.7 Å². The monoisotopic (exact) mass is 652 g/mol. The Morgan fingerprint density at radius 2 is 1.59 bits per heavy atom. The summed E-state index contributed by atoms with van der Waals surface area (Å²) in [5, 5.41) is 31.8. The molecule has 3 N–H and O–H groups in total. The van der Waals surface area contributed by atoms with Crippen molar-refractivity contribution in [2.45, 2.75) is 31.9 Å². The average Bonchev–Trinajstić information content (AvgIpc) is 3.74. The third-order valence-electron chi connectivity index (χ3n) is 6.16. The standard InChI is InChI=1S/C26H21F3N6O4.C2HF3O2/c1-14-12-18(35(2)32-14)13-30-24(37)21(36)16-8-10-17(11-9-16)23-31-25(39-34-23)22-19(26(27,28)29)20(33-38-22)15-6-4-3-5-7-15;3-2(4,5)1(6)7/h3-12,21,36H,13H2,1-2H3,(H,30,37);(H,6,7). The fraction of sp³-hybridized carbons (Fsp3) is 0.214. The van der Waals surface area contributed by atoms with Gasteiger partial charge in [-0.3, -0.25) is 9.48 Å².